The number of amides is 1. The molecule has 8 nitrogen and oxygen atoms in total. The van der Waals surface area contributed by atoms with Gasteiger partial charge in [0.25, 0.3) is 0 Å². The third-order valence-electron chi connectivity index (χ3n) is 3.09. The van der Waals surface area contributed by atoms with E-state index in [-0.39, 0.29) is 0 Å². The molecule has 0 saturated heterocycles. The van der Waals surface area contributed by atoms with Crippen LogP contribution >= 0.6 is 0 Å². The summed E-state index contributed by atoms with van der Waals surface area (Å²) >= 11 is 0. The van der Waals surface area contributed by atoms with Crippen molar-refractivity contribution < 1.29 is 9.53 Å². The molecule has 0 bridgehead atoms. The summed E-state index contributed by atoms with van der Waals surface area (Å²) in [6, 6.07) is 1.86. The molecule has 0 radical (unpaired) electrons. The van der Waals surface area contributed by atoms with Gasteiger partial charge in [-0.05, 0) is 33.8 Å². The summed E-state index contributed by atoms with van der Waals surface area (Å²) in [7, 11) is 1.77. The van der Waals surface area contributed by atoms with E-state index in [2.05, 4.69) is 25.7 Å². The summed E-state index contributed by atoms with van der Waals surface area (Å²) in [5, 5.41) is 10.2. The van der Waals surface area contributed by atoms with E-state index in [1.807, 2.05) is 33.8 Å². The predicted molar refractivity (Wildman–Crippen MR) is 90.4 cm³/mol. The number of nitrogens with zero attached hydrogens (tertiary/aromatic N) is 4. The van der Waals surface area contributed by atoms with E-state index in [4.69, 9.17) is 4.74 Å². The largest absolute Gasteiger partial charge is 0.444 e. The lowest BCUT2D eigenvalue weighted by atomic mass is 10.2. The summed E-state index contributed by atoms with van der Waals surface area (Å²) in [5.74, 6) is 1.35. The van der Waals surface area contributed by atoms with Crippen molar-refractivity contribution >= 4 is 11.9 Å². The maximum atomic E-state index is 12.0. The van der Waals surface area contributed by atoms with Crippen LogP contribution in [0.4, 0.5) is 10.6 Å². The molecule has 2 aromatic rings. The lowest BCUT2D eigenvalue weighted by Crippen LogP contribution is -2.28. The number of carbonyl (C=O) groups is 1. The van der Waals surface area contributed by atoms with Crippen LogP contribution in [0.3, 0.4) is 0 Å². The molecule has 1 amide bonds. The molecule has 2 heterocycles. The lowest BCUT2D eigenvalue weighted by molar-refractivity contribution is 0.0634. The van der Waals surface area contributed by atoms with Crippen molar-refractivity contribution in [2.45, 2.75) is 46.4 Å². The Bertz CT molecular complexity index is 705. The smallest absolute Gasteiger partial charge is 0.413 e. The van der Waals surface area contributed by atoms with Crippen molar-refractivity contribution in [3.63, 3.8) is 0 Å². The standard InChI is InChI=1S/C16H24N6O2/c1-11-18-7-6-13(20-11)10-17-8-12-9-19-22(5)14(12)21-15(23)24-16(2,3)4/h6-7,9,17H,8,10H2,1-5H3,(H,21,23). The number of aromatic nitrogens is 4. The summed E-state index contributed by atoms with van der Waals surface area (Å²) in [5.41, 5.74) is 1.23. The number of rotatable bonds is 5. The second-order valence-electron chi connectivity index (χ2n) is 6.47. The minimum atomic E-state index is -0.550. The zero-order valence-electron chi connectivity index (χ0n) is 14.8. The number of anilines is 1. The molecule has 0 aliphatic carbocycles. The van der Waals surface area contributed by atoms with Crippen LogP contribution in [0.1, 0.15) is 37.9 Å². The first-order valence-corrected chi connectivity index (χ1v) is 7.75. The average Bonchev–Trinajstić information content (AvgIpc) is 2.78. The summed E-state index contributed by atoms with van der Waals surface area (Å²) in [4.78, 5) is 20.4. The van der Waals surface area contributed by atoms with Gasteiger partial charge in [-0.15, -0.1) is 0 Å². The lowest BCUT2D eigenvalue weighted by Gasteiger charge is -2.20. The van der Waals surface area contributed by atoms with Crippen LogP contribution in [-0.4, -0.2) is 31.4 Å². The van der Waals surface area contributed by atoms with E-state index >= 15 is 0 Å². The number of hydrogen-bond acceptors (Lipinski definition) is 6. The van der Waals surface area contributed by atoms with Gasteiger partial charge in [-0.25, -0.2) is 14.8 Å². The van der Waals surface area contributed by atoms with Crippen LogP contribution in [0.5, 0.6) is 0 Å². The molecule has 0 atom stereocenters. The second kappa shape index (κ2) is 7.39. The van der Waals surface area contributed by atoms with Crippen molar-refractivity contribution in [3.8, 4) is 0 Å². The van der Waals surface area contributed by atoms with Gasteiger partial charge in [0.15, 0.2) is 0 Å². The van der Waals surface area contributed by atoms with Crippen molar-refractivity contribution in [1.29, 1.82) is 0 Å². The fourth-order valence-electron chi connectivity index (χ4n) is 2.10. The molecular weight excluding hydrogens is 308 g/mol. The maximum Gasteiger partial charge on any atom is 0.413 e. The molecule has 0 aromatic carbocycles. The van der Waals surface area contributed by atoms with E-state index in [9.17, 15) is 4.79 Å². The zero-order chi connectivity index (χ0) is 17.7. The third-order valence-corrected chi connectivity index (χ3v) is 3.09. The Hall–Kier alpha value is -2.48. The van der Waals surface area contributed by atoms with Gasteiger partial charge in [-0.3, -0.25) is 10.00 Å². The summed E-state index contributed by atoms with van der Waals surface area (Å²) < 4.78 is 6.89. The molecule has 2 N–H and O–H groups in total. The molecule has 0 unspecified atom stereocenters. The molecule has 2 rings (SSSR count). The highest BCUT2D eigenvalue weighted by molar-refractivity contribution is 5.84. The van der Waals surface area contributed by atoms with E-state index in [0.717, 1.165) is 17.1 Å². The number of nitrogens with one attached hydrogen (secondary N) is 2. The highest BCUT2D eigenvalue weighted by atomic mass is 16.6. The maximum absolute atomic E-state index is 12.0. The van der Waals surface area contributed by atoms with E-state index < -0.39 is 11.7 Å². The molecule has 24 heavy (non-hydrogen) atoms. The molecule has 0 aliphatic rings. The Kier molecular flexibility index (Phi) is 5.50. The van der Waals surface area contributed by atoms with Gasteiger partial charge in [-0.2, -0.15) is 5.10 Å². The molecule has 8 heteroatoms. The highest BCUT2D eigenvalue weighted by Gasteiger charge is 2.18. The van der Waals surface area contributed by atoms with E-state index in [1.165, 1.54) is 0 Å². The molecular formula is C16H24N6O2. The number of aryl methyl sites for hydroxylation is 2. The molecule has 130 valence electrons. The van der Waals surface area contributed by atoms with E-state index in [1.54, 1.807) is 24.1 Å². The Morgan fingerprint density at radius 3 is 2.75 bits per heavy atom. The van der Waals surface area contributed by atoms with Crippen molar-refractivity contribution in [3.05, 3.63) is 35.5 Å². The van der Waals surface area contributed by atoms with Crippen LogP contribution in [0.15, 0.2) is 18.5 Å². The van der Waals surface area contributed by atoms with Crippen LogP contribution in [0, 0.1) is 6.92 Å². The molecule has 0 fully saturated rings. The third kappa shape index (κ3) is 5.31. The molecule has 0 saturated carbocycles. The first-order chi connectivity index (χ1) is 11.2. The highest BCUT2D eigenvalue weighted by Crippen LogP contribution is 2.16. The van der Waals surface area contributed by atoms with Gasteiger partial charge < -0.3 is 10.1 Å². The Morgan fingerprint density at radius 1 is 1.33 bits per heavy atom. The Balaban J connectivity index is 1.95. The first kappa shape index (κ1) is 17.9. The number of hydrogen-bond donors (Lipinski definition) is 2. The van der Waals surface area contributed by atoms with Crippen molar-refractivity contribution in [2.75, 3.05) is 5.32 Å². The fourth-order valence-corrected chi connectivity index (χ4v) is 2.10. The monoisotopic (exact) mass is 332 g/mol. The van der Waals surface area contributed by atoms with Gasteiger partial charge in [0, 0.05) is 31.9 Å². The van der Waals surface area contributed by atoms with Crippen molar-refractivity contribution in [1.82, 2.24) is 25.1 Å². The molecule has 0 aliphatic heterocycles. The number of carbonyl (C=O) groups excluding carboxylic acids is 1. The minimum absolute atomic E-state index is 0.501. The predicted octanol–water partition coefficient (Wildman–Crippen LogP) is 2.16. The van der Waals surface area contributed by atoms with Crippen LogP contribution in [-0.2, 0) is 24.9 Å². The van der Waals surface area contributed by atoms with Gasteiger partial charge >= 0.3 is 6.09 Å². The van der Waals surface area contributed by atoms with E-state index in [0.29, 0.717) is 18.9 Å². The first-order valence-electron chi connectivity index (χ1n) is 7.75. The molecule has 2 aromatic heterocycles. The van der Waals surface area contributed by atoms with Crippen molar-refractivity contribution in [2.24, 2.45) is 7.05 Å². The normalized spacial score (nSPS) is 11.4. The topological polar surface area (TPSA) is 94.0 Å². The fraction of sp³-hybridized carbons (Fsp3) is 0.500. The number of ether oxygens (including phenoxy) is 1. The Morgan fingerprint density at radius 2 is 2.08 bits per heavy atom. The average molecular weight is 332 g/mol. The van der Waals surface area contributed by atoms with Crippen LogP contribution in [0.2, 0.25) is 0 Å². The SMILES string of the molecule is Cc1nccc(CNCc2cnn(C)c2NC(=O)OC(C)(C)C)n1. The van der Waals surface area contributed by atoms with Crippen LogP contribution < -0.4 is 10.6 Å². The quantitative estimate of drug-likeness (QED) is 0.871. The van der Waals surface area contributed by atoms with Gasteiger partial charge in [0.2, 0.25) is 0 Å². The van der Waals surface area contributed by atoms with Gasteiger partial charge in [-0.1, -0.05) is 0 Å². The second-order valence-corrected chi connectivity index (χ2v) is 6.47. The van der Waals surface area contributed by atoms with Gasteiger partial charge in [0.05, 0.1) is 11.9 Å². The summed E-state index contributed by atoms with van der Waals surface area (Å²) in [6.45, 7) is 8.46. The van der Waals surface area contributed by atoms with Gasteiger partial charge in [0.1, 0.15) is 17.2 Å². The summed E-state index contributed by atoms with van der Waals surface area (Å²) in [6.07, 6.45) is 2.95. The molecule has 0 spiro atoms. The van der Waals surface area contributed by atoms with Crippen LogP contribution in [0.25, 0.3) is 0 Å². The zero-order valence-corrected chi connectivity index (χ0v) is 14.8. The Labute approximate surface area is 141 Å². The minimum Gasteiger partial charge on any atom is -0.444 e.